The van der Waals surface area contributed by atoms with E-state index in [2.05, 4.69) is 38.9 Å². The standard InChI is InChI=1S/C22H28N6OS/c1-14-11-19-18(12-28(14)20-8-10-25-22-17(20)7-9-24-22)21(27-13-26-19)15-3-5-16(6-4-15)30(2,23)29/h7-10,13-16,23H,3-6,11-12H2,1-2H3,(H,24,25)/t14-,15?,16?,30?/m1/s1. The molecule has 5 rings (SSSR count). The lowest BCUT2D eigenvalue weighted by Gasteiger charge is -2.38. The molecule has 2 atom stereocenters. The molecule has 2 aliphatic rings. The summed E-state index contributed by atoms with van der Waals surface area (Å²) in [7, 11) is -2.47. The highest BCUT2D eigenvalue weighted by Gasteiger charge is 2.33. The Morgan fingerprint density at radius 3 is 2.73 bits per heavy atom. The summed E-state index contributed by atoms with van der Waals surface area (Å²) in [6.07, 6.45) is 11.6. The molecule has 158 valence electrons. The van der Waals surface area contributed by atoms with E-state index in [0.717, 1.165) is 61.1 Å². The van der Waals surface area contributed by atoms with Crippen LogP contribution in [0.5, 0.6) is 0 Å². The van der Waals surface area contributed by atoms with Gasteiger partial charge in [-0.3, -0.25) is 4.78 Å². The van der Waals surface area contributed by atoms with Crippen LogP contribution in [-0.2, 0) is 22.7 Å². The molecular formula is C22H28N6OS. The largest absolute Gasteiger partial charge is 0.363 e. The molecular weight excluding hydrogens is 396 g/mol. The van der Waals surface area contributed by atoms with E-state index in [4.69, 9.17) is 9.76 Å². The van der Waals surface area contributed by atoms with Crippen molar-refractivity contribution >= 4 is 26.4 Å². The number of hydrogen-bond acceptors (Lipinski definition) is 6. The van der Waals surface area contributed by atoms with Crippen molar-refractivity contribution in [3.63, 3.8) is 0 Å². The second-order valence-electron chi connectivity index (χ2n) is 8.81. The number of aromatic amines is 1. The molecule has 3 aromatic heterocycles. The second-order valence-corrected chi connectivity index (χ2v) is 11.3. The Labute approximate surface area is 177 Å². The maximum Gasteiger partial charge on any atom is 0.139 e. The van der Waals surface area contributed by atoms with Gasteiger partial charge in [0, 0.05) is 75.2 Å². The summed E-state index contributed by atoms with van der Waals surface area (Å²) in [6.45, 7) is 3.04. The normalized spacial score (nSPS) is 26.3. The van der Waals surface area contributed by atoms with Gasteiger partial charge in [-0.1, -0.05) is 0 Å². The molecule has 30 heavy (non-hydrogen) atoms. The zero-order chi connectivity index (χ0) is 20.9. The number of anilines is 1. The lowest BCUT2D eigenvalue weighted by molar-refractivity contribution is 0.431. The van der Waals surface area contributed by atoms with Crippen molar-refractivity contribution in [1.82, 2.24) is 19.9 Å². The van der Waals surface area contributed by atoms with E-state index >= 15 is 0 Å². The first-order valence-corrected chi connectivity index (χ1v) is 12.7. The van der Waals surface area contributed by atoms with E-state index in [0.29, 0.717) is 12.0 Å². The number of H-pyrrole nitrogens is 1. The molecule has 1 unspecified atom stereocenters. The Hall–Kier alpha value is -2.48. The van der Waals surface area contributed by atoms with Crippen molar-refractivity contribution < 1.29 is 4.21 Å². The summed E-state index contributed by atoms with van der Waals surface area (Å²) >= 11 is 0. The summed E-state index contributed by atoms with van der Waals surface area (Å²) < 4.78 is 20.1. The first-order valence-electron chi connectivity index (χ1n) is 10.7. The first-order chi connectivity index (χ1) is 14.4. The van der Waals surface area contributed by atoms with E-state index in [1.54, 1.807) is 12.6 Å². The summed E-state index contributed by atoms with van der Waals surface area (Å²) in [5, 5.41) is 1.15. The third-order valence-electron chi connectivity index (χ3n) is 6.86. The second kappa shape index (κ2) is 7.34. The minimum Gasteiger partial charge on any atom is -0.363 e. The van der Waals surface area contributed by atoms with E-state index in [-0.39, 0.29) is 5.25 Å². The van der Waals surface area contributed by atoms with Gasteiger partial charge < -0.3 is 9.88 Å². The maximum absolute atomic E-state index is 12.2. The van der Waals surface area contributed by atoms with Crippen molar-refractivity contribution in [2.24, 2.45) is 0 Å². The van der Waals surface area contributed by atoms with Crippen LogP contribution in [-0.4, -0.2) is 41.7 Å². The number of rotatable bonds is 3. The zero-order valence-electron chi connectivity index (χ0n) is 17.5. The highest BCUT2D eigenvalue weighted by atomic mass is 32.2. The van der Waals surface area contributed by atoms with Gasteiger partial charge in [-0.15, -0.1) is 0 Å². The van der Waals surface area contributed by atoms with Gasteiger partial charge in [0.05, 0.1) is 11.4 Å². The van der Waals surface area contributed by atoms with Crippen LogP contribution in [0.4, 0.5) is 5.69 Å². The van der Waals surface area contributed by atoms with Gasteiger partial charge >= 0.3 is 0 Å². The fourth-order valence-corrected chi connectivity index (χ4v) is 6.36. The van der Waals surface area contributed by atoms with Gasteiger partial charge in [0.2, 0.25) is 0 Å². The lowest BCUT2D eigenvalue weighted by Crippen LogP contribution is -2.40. The maximum atomic E-state index is 12.2. The van der Waals surface area contributed by atoms with Crippen LogP contribution in [0.3, 0.4) is 0 Å². The molecule has 0 aromatic carbocycles. The predicted octanol–water partition coefficient (Wildman–Crippen LogP) is 4.01. The predicted molar refractivity (Wildman–Crippen MR) is 119 cm³/mol. The molecule has 0 spiro atoms. The Morgan fingerprint density at radius 1 is 1.17 bits per heavy atom. The Kier molecular flexibility index (Phi) is 4.76. The van der Waals surface area contributed by atoms with Crippen LogP contribution in [0.2, 0.25) is 0 Å². The van der Waals surface area contributed by atoms with Gasteiger partial charge in [-0.05, 0) is 44.7 Å². The smallest absolute Gasteiger partial charge is 0.139 e. The molecule has 3 aromatic rings. The Morgan fingerprint density at radius 2 is 1.97 bits per heavy atom. The number of pyridine rings is 1. The highest BCUT2D eigenvalue weighted by molar-refractivity contribution is 7.92. The molecule has 0 amide bonds. The molecule has 1 fully saturated rings. The van der Waals surface area contributed by atoms with Crippen molar-refractivity contribution in [1.29, 1.82) is 4.78 Å². The van der Waals surface area contributed by atoms with Crippen LogP contribution in [0.1, 0.15) is 55.5 Å². The average molecular weight is 425 g/mol. The Bertz CT molecular complexity index is 1180. The minimum absolute atomic E-state index is 0.0154. The fraction of sp³-hybridized carbons (Fsp3) is 0.500. The number of fused-ring (bicyclic) bond motifs is 2. The summed E-state index contributed by atoms with van der Waals surface area (Å²) in [4.78, 5) is 19.5. The van der Waals surface area contributed by atoms with Crippen molar-refractivity contribution in [2.45, 2.75) is 62.8 Å². The van der Waals surface area contributed by atoms with E-state index in [9.17, 15) is 4.21 Å². The van der Waals surface area contributed by atoms with Gasteiger partial charge in [0.15, 0.2) is 0 Å². The molecule has 0 radical (unpaired) electrons. The average Bonchev–Trinajstić information content (AvgIpc) is 3.21. The van der Waals surface area contributed by atoms with Gasteiger partial charge in [-0.2, -0.15) is 0 Å². The molecule has 0 bridgehead atoms. The molecule has 4 heterocycles. The van der Waals surface area contributed by atoms with Crippen LogP contribution in [0, 0.1) is 4.78 Å². The van der Waals surface area contributed by atoms with Crippen LogP contribution < -0.4 is 4.90 Å². The highest BCUT2D eigenvalue weighted by Crippen LogP contribution is 2.39. The van der Waals surface area contributed by atoms with Crippen molar-refractivity contribution in [3.05, 3.63) is 47.8 Å². The number of nitrogens with zero attached hydrogens (tertiary/aromatic N) is 4. The quantitative estimate of drug-likeness (QED) is 0.662. The number of nitrogens with one attached hydrogen (secondary N) is 2. The third-order valence-corrected chi connectivity index (χ3v) is 8.60. The summed E-state index contributed by atoms with van der Waals surface area (Å²) in [6, 6.07) is 4.52. The zero-order valence-corrected chi connectivity index (χ0v) is 18.3. The SMILES string of the molecule is C[C@@H]1Cc2ncnc(C3CCC(S(C)(=N)=O)CC3)c2CN1c1ccnc2[nH]ccc12. The molecule has 1 saturated carbocycles. The third kappa shape index (κ3) is 3.37. The van der Waals surface area contributed by atoms with Crippen molar-refractivity contribution in [2.75, 3.05) is 11.2 Å². The monoisotopic (exact) mass is 424 g/mol. The van der Waals surface area contributed by atoms with Gasteiger partial charge in [0.25, 0.3) is 0 Å². The van der Waals surface area contributed by atoms with Crippen molar-refractivity contribution in [3.8, 4) is 0 Å². The van der Waals surface area contributed by atoms with Gasteiger partial charge in [-0.25, -0.2) is 19.2 Å². The van der Waals surface area contributed by atoms with E-state index in [1.807, 2.05) is 12.4 Å². The van der Waals surface area contributed by atoms with Crippen LogP contribution in [0.15, 0.2) is 30.9 Å². The topological polar surface area (TPSA) is 98.6 Å². The first kappa shape index (κ1) is 19.5. The molecule has 1 aliphatic carbocycles. The molecule has 1 aliphatic heterocycles. The summed E-state index contributed by atoms with van der Waals surface area (Å²) in [5.74, 6) is 0.361. The van der Waals surface area contributed by atoms with Crippen LogP contribution >= 0.6 is 0 Å². The fourth-order valence-electron chi connectivity index (χ4n) is 5.19. The molecule has 0 saturated heterocycles. The van der Waals surface area contributed by atoms with Crippen LogP contribution in [0.25, 0.3) is 11.0 Å². The molecule has 8 heteroatoms. The van der Waals surface area contributed by atoms with E-state index in [1.165, 1.54) is 11.3 Å². The van der Waals surface area contributed by atoms with Gasteiger partial charge in [0.1, 0.15) is 12.0 Å². The molecule has 7 nitrogen and oxygen atoms in total. The lowest BCUT2D eigenvalue weighted by atomic mass is 9.83. The molecule has 2 N–H and O–H groups in total. The van der Waals surface area contributed by atoms with E-state index < -0.39 is 9.73 Å². The number of hydrogen-bond donors (Lipinski definition) is 2. The Balaban J connectivity index is 1.47. The minimum atomic E-state index is -2.47. The number of aromatic nitrogens is 4. The summed E-state index contributed by atoms with van der Waals surface area (Å²) in [5.41, 5.74) is 5.67.